The van der Waals surface area contributed by atoms with E-state index < -0.39 is 10.0 Å². The molecule has 0 saturated carbocycles. The third-order valence-electron chi connectivity index (χ3n) is 5.56. The van der Waals surface area contributed by atoms with Gasteiger partial charge in [-0.15, -0.1) is 0 Å². The molecule has 11 heteroatoms. The van der Waals surface area contributed by atoms with Gasteiger partial charge in [-0.1, -0.05) is 6.07 Å². The molecular formula is C23H27N5O4S2. The number of rotatable bonds is 9. The van der Waals surface area contributed by atoms with Gasteiger partial charge in [0.25, 0.3) is 0 Å². The van der Waals surface area contributed by atoms with Crippen molar-refractivity contribution in [1.82, 2.24) is 14.9 Å². The van der Waals surface area contributed by atoms with E-state index in [0.29, 0.717) is 35.4 Å². The zero-order valence-electron chi connectivity index (χ0n) is 19.1. The summed E-state index contributed by atoms with van der Waals surface area (Å²) < 4.78 is 39.2. The number of pyridine rings is 1. The average Bonchev–Trinajstić information content (AvgIpc) is 3.40. The Hall–Kier alpha value is -3.15. The number of methoxy groups -OCH3 is 2. The fourth-order valence-electron chi connectivity index (χ4n) is 4.15. The zero-order valence-corrected chi connectivity index (χ0v) is 20.8. The summed E-state index contributed by atoms with van der Waals surface area (Å²) in [6.07, 6.45) is 4.86. The molecule has 1 saturated heterocycles. The third-order valence-corrected chi connectivity index (χ3v) is 6.46. The Bertz CT molecular complexity index is 1260. The van der Waals surface area contributed by atoms with Crippen LogP contribution >= 0.6 is 12.2 Å². The van der Waals surface area contributed by atoms with Gasteiger partial charge in [-0.05, 0) is 54.7 Å². The number of hydrogen-bond donors (Lipinski definition) is 2. The highest BCUT2D eigenvalue weighted by Crippen LogP contribution is 2.43. The molecule has 0 aliphatic carbocycles. The highest BCUT2D eigenvalue weighted by molar-refractivity contribution is 7.92. The lowest BCUT2D eigenvalue weighted by atomic mass is 10.0. The van der Waals surface area contributed by atoms with Gasteiger partial charge in [0.15, 0.2) is 5.11 Å². The fraction of sp³-hybridized carbons (Fsp3) is 0.304. The van der Waals surface area contributed by atoms with Crippen LogP contribution in [0.25, 0.3) is 0 Å². The Morgan fingerprint density at radius 1 is 1.18 bits per heavy atom. The topological polar surface area (TPSA) is 97.7 Å². The predicted molar refractivity (Wildman–Crippen MR) is 136 cm³/mol. The van der Waals surface area contributed by atoms with E-state index in [0.717, 1.165) is 17.6 Å². The maximum absolute atomic E-state index is 12.0. The molecule has 2 N–H and O–H groups in total. The van der Waals surface area contributed by atoms with Crippen LogP contribution in [0.15, 0.2) is 60.9 Å². The van der Waals surface area contributed by atoms with Crippen molar-refractivity contribution < 1.29 is 17.9 Å². The Balaban J connectivity index is 1.83. The minimum Gasteiger partial charge on any atom is -0.495 e. The first-order valence-corrected chi connectivity index (χ1v) is 12.9. The van der Waals surface area contributed by atoms with Crippen LogP contribution in [0.1, 0.15) is 23.5 Å². The molecule has 4 rings (SSSR count). The maximum atomic E-state index is 12.0. The van der Waals surface area contributed by atoms with E-state index in [1.54, 1.807) is 25.4 Å². The van der Waals surface area contributed by atoms with Gasteiger partial charge in [-0.25, -0.2) is 8.42 Å². The van der Waals surface area contributed by atoms with E-state index in [2.05, 4.69) is 25.7 Å². The second kappa shape index (κ2) is 10.00. The van der Waals surface area contributed by atoms with Crippen LogP contribution in [0.5, 0.6) is 5.75 Å². The second-order valence-electron chi connectivity index (χ2n) is 7.87. The Morgan fingerprint density at radius 2 is 2.00 bits per heavy atom. The van der Waals surface area contributed by atoms with Crippen molar-refractivity contribution in [1.29, 1.82) is 0 Å². The monoisotopic (exact) mass is 501 g/mol. The molecule has 1 aliphatic rings. The van der Waals surface area contributed by atoms with Crippen molar-refractivity contribution in [3.63, 3.8) is 0 Å². The first-order valence-electron chi connectivity index (χ1n) is 10.6. The number of nitrogens with one attached hydrogen (secondary N) is 2. The standard InChI is InChI=1S/C23H27N5O4S2/c1-31-14-13-27-12-6-8-19(27)22-21(17-7-4-5-11-24-17)25-23(33)28(22)16-9-10-20(32-2)18(15-16)26-34(3,29)30/h4-12,15,21-22,26H,13-14H2,1-3H3,(H,25,33)/t21-,22-/m1/s1. The van der Waals surface area contributed by atoms with E-state index >= 15 is 0 Å². The van der Waals surface area contributed by atoms with Gasteiger partial charge >= 0.3 is 0 Å². The summed E-state index contributed by atoms with van der Waals surface area (Å²) in [5.74, 6) is 0.411. The Kier molecular flexibility index (Phi) is 7.05. The Labute approximate surface area is 204 Å². The van der Waals surface area contributed by atoms with Gasteiger partial charge in [-0.2, -0.15) is 0 Å². The highest BCUT2D eigenvalue weighted by atomic mass is 32.2. The van der Waals surface area contributed by atoms with Gasteiger partial charge in [0, 0.05) is 37.4 Å². The minimum absolute atomic E-state index is 0.224. The Morgan fingerprint density at radius 3 is 2.68 bits per heavy atom. The molecule has 0 spiro atoms. The second-order valence-corrected chi connectivity index (χ2v) is 10.0. The lowest BCUT2D eigenvalue weighted by Gasteiger charge is -2.29. The van der Waals surface area contributed by atoms with Crippen molar-refractivity contribution >= 4 is 38.7 Å². The summed E-state index contributed by atoms with van der Waals surface area (Å²) in [6, 6.07) is 14.7. The number of thiocarbonyl (C=S) groups is 1. The molecule has 1 aromatic carbocycles. The minimum atomic E-state index is -3.52. The lowest BCUT2D eigenvalue weighted by Crippen LogP contribution is -2.30. The first-order chi connectivity index (χ1) is 16.3. The highest BCUT2D eigenvalue weighted by Gasteiger charge is 2.42. The number of benzene rings is 1. The molecule has 2 aromatic heterocycles. The van der Waals surface area contributed by atoms with Crippen molar-refractivity contribution in [2.24, 2.45) is 0 Å². The van der Waals surface area contributed by atoms with Gasteiger partial charge < -0.3 is 24.3 Å². The SMILES string of the molecule is COCCn1cccc1[C@@H]1[C@@H](c2ccccn2)NC(=S)N1c1ccc(OC)c(NS(C)(=O)=O)c1. The van der Waals surface area contributed by atoms with Crippen LogP contribution < -0.4 is 19.7 Å². The van der Waals surface area contributed by atoms with E-state index in [1.165, 1.54) is 7.11 Å². The first kappa shape index (κ1) is 24.0. The van der Waals surface area contributed by atoms with Gasteiger partial charge in [-0.3, -0.25) is 9.71 Å². The molecule has 0 amide bonds. The average molecular weight is 502 g/mol. The molecule has 3 aromatic rings. The maximum Gasteiger partial charge on any atom is 0.229 e. The number of ether oxygens (including phenoxy) is 2. The fourth-order valence-corrected chi connectivity index (χ4v) is 5.05. The van der Waals surface area contributed by atoms with Crippen molar-refractivity contribution in [3.8, 4) is 5.75 Å². The van der Waals surface area contributed by atoms with Crippen LogP contribution in [0.3, 0.4) is 0 Å². The molecule has 1 fully saturated rings. The third kappa shape index (κ3) is 5.01. The molecule has 0 bridgehead atoms. The summed E-state index contributed by atoms with van der Waals surface area (Å²) in [5.41, 5.74) is 2.92. The summed E-state index contributed by atoms with van der Waals surface area (Å²) in [7, 11) is -0.350. The molecule has 3 heterocycles. The van der Waals surface area contributed by atoms with Gasteiger partial charge in [0.2, 0.25) is 10.0 Å². The quantitative estimate of drug-likeness (QED) is 0.432. The summed E-state index contributed by atoms with van der Waals surface area (Å²) in [5, 5.41) is 3.93. The van der Waals surface area contributed by atoms with E-state index in [4.69, 9.17) is 21.7 Å². The number of sulfonamides is 1. The molecule has 9 nitrogen and oxygen atoms in total. The van der Waals surface area contributed by atoms with Crippen LogP contribution in [0.2, 0.25) is 0 Å². The van der Waals surface area contributed by atoms with Crippen LogP contribution in [-0.2, 0) is 21.3 Å². The number of hydrogen-bond acceptors (Lipinski definition) is 6. The van der Waals surface area contributed by atoms with Crippen molar-refractivity contribution in [3.05, 3.63) is 72.3 Å². The summed E-state index contributed by atoms with van der Waals surface area (Å²) in [6.45, 7) is 1.24. The molecular weight excluding hydrogens is 474 g/mol. The van der Waals surface area contributed by atoms with Crippen molar-refractivity contribution in [2.75, 3.05) is 36.7 Å². The largest absolute Gasteiger partial charge is 0.495 e. The van der Waals surface area contributed by atoms with Gasteiger partial charge in [0.05, 0.1) is 37.4 Å². The zero-order chi connectivity index (χ0) is 24.3. The molecule has 0 radical (unpaired) electrons. The molecule has 2 atom stereocenters. The molecule has 1 aliphatic heterocycles. The van der Waals surface area contributed by atoms with Crippen LogP contribution in [0.4, 0.5) is 11.4 Å². The molecule has 0 unspecified atom stereocenters. The number of aromatic nitrogens is 2. The van der Waals surface area contributed by atoms with Gasteiger partial charge in [0.1, 0.15) is 11.8 Å². The lowest BCUT2D eigenvalue weighted by molar-refractivity contribution is 0.186. The van der Waals surface area contributed by atoms with E-state index in [1.807, 2.05) is 41.4 Å². The van der Waals surface area contributed by atoms with E-state index in [9.17, 15) is 8.42 Å². The number of anilines is 2. The normalized spacial score (nSPS) is 18.1. The summed E-state index contributed by atoms with van der Waals surface area (Å²) >= 11 is 5.78. The summed E-state index contributed by atoms with van der Waals surface area (Å²) in [4.78, 5) is 6.56. The van der Waals surface area contributed by atoms with Crippen molar-refractivity contribution in [2.45, 2.75) is 18.6 Å². The van der Waals surface area contributed by atoms with Crippen LogP contribution in [0, 0.1) is 0 Å². The predicted octanol–water partition coefficient (Wildman–Crippen LogP) is 3.09. The molecule has 180 valence electrons. The van der Waals surface area contributed by atoms with Crippen LogP contribution in [-0.4, -0.2) is 50.2 Å². The molecule has 34 heavy (non-hydrogen) atoms. The van der Waals surface area contributed by atoms with E-state index in [-0.39, 0.29) is 12.1 Å². The smallest absolute Gasteiger partial charge is 0.229 e. The number of nitrogens with zero attached hydrogens (tertiary/aromatic N) is 3.